The second kappa shape index (κ2) is 28.3. The minimum atomic E-state index is -0.0938. The highest BCUT2D eigenvalue weighted by Gasteiger charge is 2.41. The third-order valence-electron chi connectivity index (χ3n) is 20.7. The molecule has 0 saturated carbocycles. The maximum atomic E-state index is 15.4. The molecular weight excluding hydrogens is 1240 g/mol. The maximum absolute atomic E-state index is 15.4. The summed E-state index contributed by atoms with van der Waals surface area (Å²) in [6.45, 7) is 10.7. The molecule has 6 aromatic carbocycles. The summed E-state index contributed by atoms with van der Waals surface area (Å²) in [7, 11) is 12.0. The van der Waals surface area contributed by atoms with E-state index in [4.69, 9.17) is 24.2 Å². The van der Waals surface area contributed by atoms with Gasteiger partial charge in [0, 0.05) is 128 Å². The van der Waals surface area contributed by atoms with Crippen molar-refractivity contribution in [3.63, 3.8) is 0 Å². The number of piperazine rings is 3. The number of amides is 3. The molecule has 9 aromatic rings. The normalized spacial score (nSPS) is 17.5. The van der Waals surface area contributed by atoms with Crippen molar-refractivity contribution in [1.82, 2.24) is 59.1 Å². The van der Waals surface area contributed by atoms with E-state index >= 15 is 9.59 Å². The van der Waals surface area contributed by atoms with Gasteiger partial charge in [-0.05, 0) is 133 Å². The van der Waals surface area contributed by atoms with Crippen molar-refractivity contribution in [2.75, 3.05) is 160 Å². The van der Waals surface area contributed by atoms with E-state index in [-0.39, 0.29) is 35.8 Å². The van der Waals surface area contributed by atoms with E-state index in [0.717, 1.165) is 58.6 Å². The van der Waals surface area contributed by atoms with Gasteiger partial charge in [-0.15, -0.1) is 0 Å². The number of nitrogens with zero attached hydrogens (tertiary/aromatic N) is 12. The summed E-state index contributed by atoms with van der Waals surface area (Å²) >= 11 is 0. The van der Waals surface area contributed by atoms with Crippen molar-refractivity contribution < 1.29 is 28.6 Å². The lowest BCUT2D eigenvalue weighted by Crippen LogP contribution is -2.49. The molecule has 3 saturated heterocycles. The highest BCUT2D eigenvalue weighted by atomic mass is 16.5. The molecule has 99 heavy (non-hydrogen) atoms. The van der Waals surface area contributed by atoms with Crippen LogP contribution in [0.1, 0.15) is 82.6 Å². The van der Waals surface area contributed by atoms with Crippen LogP contribution in [-0.4, -0.2) is 237 Å². The Morgan fingerprint density at radius 2 is 0.788 bits per heavy atom. The van der Waals surface area contributed by atoms with Gasteiger partial charge in [-0.25, -0.2) is 4.98 Å². The molecule has 18 nitrogen and oxygen atoms in total. The maximum Gasteiger partial charge on any atom is 0.259 e. The van der Waals surface area contributed by atoms with Crippen molar-refractivity contribution in [3.05, 3.63) is 227 Å². The zero-order chi connectivity index (χ0) is 67.8. The molecule has 3 aliphatic heterocycles. The summed E-state index contributed by atoms with van der Waals surface area (Å²) in [4.78, 5) is 78.6. The van der Waals surface area contributed by atoms with Crippen LogP contribution in [0.25, 0.3) is 55.8 Å². The number of ether oxygens (including phenoxy) is 3. The SMILES string of the molecule is CN(C)CCOc1cnc(-c2cccc3c2-c2ccccc2C3N2CCN(C(=O)c3cnccc3OCCN(C)C)CC2)cc1C(=O)N1CCN(C2c3ccccc3-c3c(-c4cnc(OCCN(C)C)c(C(=O)N5CCN(C6c7ccccc7-c7ccccc76)CC5)c4)cccc32)CC1. The van der Waals surface area contributed by atoms with Crippen LogP contribution < -0.4 is 14.2 Å². The molecule has 0 spiro atoms. The van der Waals surface area contributed by atoms with Crippen LogP contribution in [0.5, 0.6) is 17.4 Å². The highest BCUT2D eigenvalue weighted by Crippen LogP contribution is 2.53. The third kappa shape index (κ3) is 12.7. The van der Waals surface area contributed by atoms with Gasteiger partial charge in [0.05, 0.1) is 41.1 Å². The van der Waals surface area contributed by atoms with Crippen LogP contribution in [0.15, 0.2) is 176 Å². The number of rotatable bonds is 20. The molecule has 2 atom stereocenters. The topological polar surface area (TPSA) is 147 Å². The first kappa shape index (κ1) is 65.3. The molecule has 3 amide bonds. The fraction of sp³-hybridized carbons (Fsp3) is 0.333. The molecule has 3 fully saturated rings. The monoisotopic (exact) mass is 1320 g/mol. The largest absolute Gasteiger partial charge is 0.491 e. The van der Waals surface area contributed by atoms with Crippen LogP contribution in [0.2, 0.25) is 0 Å². The van der Waals surface area contributed by atoms with Crippen LogP contribution in [-0.2, 0) is 0 Å². The Morgan fingerprint density at radius 1 is 0.384 bits per heavy atom. The summed E-state index contributed by atoms with van der Waals surface area (Å²) < 4.78 is 19.0. The Labute approximate surface area is 580 Å². The van der Waals surface area contributed by atoms with Gasteiger partial charge < -0.3 is 43.6 Å². The molecule has 2 unspecified atom stereocenters. The minimum Gasteiger partial charge on any atom is -0.491 e. The van der Waals surface area contributed by atoms with Gasteiger partial charge in [-0.3, -0.25) is 39.1 Å². The Morgan fingerprint density at radius 3 is 1.30 bits per heavy atom. The van der Waals surface area contributed by atoms with Crippen molar-refractivity contribution in [3.8, 4) is 73.1 Å². The van der Waals surface area contributed by atoms with Gasteiger partial charge in [0.1, 0.15) is 36.9 Å². The van der Waals surface area contributed by atoms with E-state index in [9.17, 15) is 4.79 Å². The Bertz CT molecular complexity index is 4450. The van der Waals surface area contributed by atoms with Crippen LogP contribution >= 0.6 is 0 Å². The molecule has 6 aliphatic rings. The molecule has 0 N–H and O–H groups in total. The second-order valence-electron chi connectivity index (χ2n) is 27.6. The average Bonchev–Trinajstić information content (AvgIpc) is 1.63. The predicted octanol–water partition coefficient (Wildman–Crippen LogP) is 10.6. The molecule has 0 bridgehead atoms. The number of fused-ring (bicyclic) bond motifs is 9. The molecule has 6 heterocycles. The highest BCUT2D eigenvalue weighted by molar-refractivity contribution is 6.01. The van der Waals surface area contributed by atoms with E-state index < -0.39 is 0 Å². The van der Waals surface area contributed by atoms with Gasteiger partial charge in [-0.1, -0.05) is 133 Å². The second-order valence-corrected chi connectivity index (χ2v) is 27.6. The minimum absolute atomic E-state index is 0.0441. The lowest BCUT2D eigenvalue weighted by Gasteiger charge is -2.39. The number of likely N-dealkylation sites (N-methyl/N-ethyl adjacent to an activating group) is 3. The van der Waals surface area contributed by atoms with Gasteiger partial charge in [-0.2, -0.15) is 0 Å². The number of hydrogen-bond donors (Lipinski definition) is 0. The summed E-state index contributed by atoms with van der Waals surface area (Å²) in [6.07, 6.45) is 6.90. The standard InChI is InChI=1S/C81H86N12O6/c1-85(2)43-46-97-71-29-30-82-52-69(71)81(96)93-41-35-90(36-42-93)77-63-24-14-10-20-59(63)74-64(26-16-28-66(74)77)70-50-67(72(53-83-70)98-47-44-86(3)4)79(94)91-37-33-89(34-38-91)76-62-23-13-9-19-58(62)73-55(25-15-27-65(73)76)54-49-68(78(84-51-54)99-48-45-87(5)6)80(95)92-39-31-88(32-40-92)75-60-21-11-7-17-56(60)57-18-8-12-22-61(57)75/h7-30,49-53,75-77H,31-48H2,1-6H3. The molecule has 3 aromatic heterocycles. The first-order chi connectivity index (χ1) is 48.4. The van der Waals surface area contributed by atoms with E-state index in [1.165, 1.54) is 44.5 Å². The fourth-order valence-corrected chi connectivity index (χ4v) is 15.7. The molecule has 18 heteroatoms. The number of pyridine rings is 3. The van der Waals surface area contributed by atoms with Crippen LogP contribution in [0, 0.1) is 0 Å². The Balaban J connectivity index is 0.670. The summed E-state index contributed by atoms with van der Waals surface area (Å²) in [5, 5.41) is 0. The first-order valence-corrected chi connectivity index (χ1v) is 34.9. The smallest absolute Gasteiger partial charge is 0.259 e. The van der Waals surface area contributed by atoms with Crippen LogP contribution in [0.4, 0.5) is 0 Å². The van der Waals surface area contributed by atoms with E-state index in [0.29, 0.717) is 138 Å². The number of aromatic nitrogens is 3. The van der Waals surface area contributed by atoms with E-state index in [1.807, 2.05) is 75.3 Å². The zero-order valence-corrected chi connectivity index (χ0v) is 57.5. The lowest BCUT2D eigenvalue weighted by atomic mass is 9.94. The average molecular weight is 1320 g/mol. The number of carbonyl (C=O) groups is 3. The number of hydrogen-bond acceptors (Lipinski definition) is 15. The van der Waals surface area contributed by atoms with E-state index in [1.54, 1.807) is 24.7 Å². The Kier molecular flexibility index (Phi) is 18.7. The van der Waals surface area contributed by atoms with Gasteiger partial charge in [0.2, 0.25) is 5.88 Å². The van der Waals surface area contributed by atoms with Gasteiger partial charge in [0.25, 0.3) is 17.7 Å². The van der Waals surface area contributed by atoms with Crippen molar-refractivity contribution in [2.45, 2.75) is 18.1 Å². The quantitative estimate of drug-likeness (QED) is 0.0712. The fourth-order valence-electron chi connectivity index (χ4n) is 15.7. The lowest BCUT2D eigenvalue weighted by molar-refractivity contribution is 0.0588. The number of benzene rings is 6. The summed E-state index contributed by atoms with van der Waals surface area (Å²) in [5.41, 5.74) is 19.4. The molecule has 15 rings (SSSR count). The molecule has 3 aliphatic carbocycles. The van der Waals surface area contributed by atoms with Crippen LogP contribution in [0.3, 0.4) is 0 Å². The first-order valence-electron chi connectivity index (χ1n) is 34.9. The molecular formula is C81H86N12O6. The predicted molar refractivity (Wildman–Crippen MR) is 386 cm³/mol. The van der Waals surface area contributed by atoms with Gasteiger partial charge in [0.15, 0.2) is 0 Å². The van der Waals surface area contributed by atoms with Crippen molar-refractivity contribution >= 4 is 17.7 Å². The van der Waals surface area contributed by atoms with Gasteiger partial charge >= 0.3 is 0 Å². The third-order valence-corrected chi connectivity index (χ3v) is 20.7. The molecule has 0 radical (unpaired) electrons. The zero-order valence-electron chi connectivity index (χ0n) is 57.5. The van der Waals surface area contributed by atoms with Crippen molar-refractivity contribution in [2.24, 2.45) is 0 Å². The van der Waals surface area contributed by atoms with Crippen molar-refractivity contribution in [1.29, 1.82) is 0 Å². The summed E-state index contributed by atoms with van der Waals surface area (Å²) in [6, 6.07) is 53.5. The molecule has 506 valence electrons. The Hall–Kier alpha value is -9.66. The summed E-state index contributed by atoms with van der Waals surface area (Å²) in [5.74, 6) is 1.11. The number of carbonyl (C=O) groups excluding carboxylic acids is 3. The van der Waals surface area contributed by atoms with E-state index in [2.05, 4.69) is 168 Å².